The van der Waals surface area contributed by atoms with Crippen LogP contribution >= 0.6 is 0 Å². The first kappa shape index (κ1) is 18.3. The summed E-state index contributed by atoms with van der Waals surface area (Å²) in [7, 11) is 0. The van der Waals surface area contributed by atoms with E-state index in [9.17, 15) is 9.59 Å². The minimum Gasteiger partial charge on any atom is -0.444 e. The van der Waals surface area contributed by atoms with Crippen LogP contribution in [-0.2, 0) is 17.7 Å². The number of aliphatic hydroxyl groups is 1. The Hall–Kier alpha value is -2.09. The first-order valence-corrected chi connectivity index (χ1v) is 8.21. The molecule has 0 aliphatic carbocycles. The summed E-state index contributed by atoms with van der Waals surface area (Å²) in [4.78, 5) is 28.0. The fraction of sp³-hybridized carbons (Fsp3) is 0.688. The van der Waals surface area contributed by atoms with Crippen LogP contribution in [0.3, 0.4) is 0 Å². The zero-order chi connectivity index (χ0) is 17.9. The van der Waals surface area contributed by atoms with Gasteiger partial charge in [0.2, 0.25) is 0 Å². The van der Waals surface area contributed by atoms with Crippen molar-refractivity contribution in [2.24, 2.45) is 0 Å². The summed E-state index contributed by atoms with van der Waals surface area (Å²) in [5.41, 5.74) is 1.35. The number of nitrogens with one attached hydrogen (secondary N) is 1. The number of H-pyrrole nitrogens is 1. The number of likely N-dealkylation sites (N-methyl/N-ethyl adjacent to an activating group) is 1. The third kappa shape index (κ3) is 4.05. The minimum atomic E-state index is -0.563. The standard InChI is InChI=1S/C16H26N4O4/c1-5-19(8-9-21)14(22)13-11-10-20(7-6-12(11)17-18-13)15(23)24-16(2,3)4/h21H,5-10H2,1-4H3,(H,17,18). The molecule has 2 rings (SSSR count). The number of amides is 2. The predicted molar refractivity (Wildman–Crippen MR) is 87.6 cm³/mol. The van der Waals surface area contributed by atoms with E-state index in [1.165, 1.54) is 4.90 Å². The molecule has 1 aromatic heterocycles. The van der Waals surface area contributed by atoms with E-state index in [0.717, 1.165) is 11.3 Å². The molecule has 0 unspecified atom stereocenters. The second-order valence-corrected chi connectivity index (χ2v) is 6.79. The fourth-order valence-electron chi connectivity index (χ4n) is 2.63. The first-order valence-electron chi connectivity index (χ1n) is 8.21. The largest absolute Gasteiger partial charge is 0.444 e. The van der Waals surface area contributed by atoms with Gasteiger partial charge in [0.1, 0.15) is 5.60 Å². The van der Waals surface area contributed by atoms with E-state index >= 15 is 0 Å². The lowest BCUT2D eigenvalue weighted by Gasteiger charge is -2.30. The number of hydrogen-bond donors (Lipinski definition) is 2. The minimum absolute atomic E-state index is 0.101. The van der Waals surface area contributed by atoms with E-state index in [1.54, 1.807) is 4.90 Å². The second-order valence-electron chi connectivity index (χ2n) is 6.79. The van der Waals surface area contributed by atoms with Crippen molar-refractivity contribution in [1.29, 1.82) is 0 Å². The molecular weight excluding hydrogens is 312 g/mol. The van der Waals surface area contributed by atoms with Crippen molar-refractivity contribution in [2.75, 3.05) is 26.2 Å². The summed E-state index contributed by atoms with van der Waals surface area (Å²) in [6, 6.07) is 0. The molecule has 8 heteroatoms. The number of carbonyl (C=O) groups is 2. The maximum atomic E-state index is 12.6. The lowest BCUT2D eigenvalue weighted by molar-refractivity contribution is 0.0222. The van der Waals surface area contributed by atoms with Gasteiger partial charge in [-0.3, -0.25) is 9.89 Å². The van der Waals surface area contributed by atoms with Crippen LogP contribution in [0.25, 0.3) is 0 Å². The second kappa shape index (κ2) is 7.21. The molecule has 134 valence electrons. The molecule has 1 aliphatic heterocycles. The van der Waals surface area contributed by atoms with Gasteiger partial charge in [-0.2, -0.15) is 5.10 Å². The number of aromatic amines is 1. The molecule has 0 fully saturated rings. The highest BCUT2D eigenvalue weighted by atomic mass is 16.6. The molecule has 0 saturated heterocycles. The van der Waals surface area contributed by atoms with Crippen LogP contribution in [0, 0.1) is 0 Å². The third-order valence-corrected chi connectivity index (χ3v) is 3.83. The van der Waals surface area contributed by atoms with Gasteiger partial charge in [0.25, 0.3) is 5.91 Å². The van der Waals surface area contributed by atoms with E-state index in [4.69, 9.17) is 9.84 Å². The van der Waals surface area contributed by atoms with Gasteiger partial charge < -0.3 is 19.6 Å². The monoisotopic (exact) mass is 338 g/mol. The van der Waals surface area contributed by atoms with Gasteiger partial charge in [0.15, 0.2) is 5.69 Å². The molecule has 0 spiro atoms. The number of ether oxygens (including phenoxy) is 1. The van der Waals surface area contributed by atoms with Crippen LogP contribution in [-0.4, -0.2) is 68.9 Å². The van der Waals surface area contributed by atoms with Crippen molar-refractivity contribution in [3.63, 3.8) is 0 Å². The molecule has 8 nitrogen and oxygen atoms in total. The molecule has 0 radical (unpaired) electrons. The van der Waals surface area contributed by atoms with Crippen LogP contribution in [0.2, 0.25) is 0 Å². The molecule has 0 aromatic carbocycles. The molecule has 2 heterocycles. The Bertz CT molecular complexity index is 606. The third-order valence-electron chi connectivity index (χ3n) is 3.83. The van der Waals surface area contributed by atoms with Crippen molar-refractivity contribution in [2.45, 2.75) is 46.3 Å². The van der Waals surface area contributed by atoms with Crippen molar-refractivity contribution in [3.05, 3.63) is 17.0 Å². The molecule has 2 amide bonds. The quantitative estimate of drug-likeness (QED) is 0.858. The summed E-state index contributed by atoms with van der Waals surface area (Å²) in [5.74, 6) is -0.241. The molecule has 2 N–H and O–H groups in total. The highest BCUT2D eigenvalue weighted by Crippen LogP contribution is 2.23. The Morgan fingerprint density at radius 2 is 2.12 bits per heavy atom. The molecule has 1 aromatic rings. The topological polar surface area (TPSA) is 98.8 Å². The number of nitrogens with zero attached hydrogens (tertiary/aromatic N) is 3. The zero-order valence-corrected chi connectivity index (χ0v) is 14.8. The molecule has 24 heavy (non-hydrogen) atoms. The van der Waals surface area contributed by atoms with Gasteiger partial charge in [-0.15, -0.1) is 0 Å². The lowest BCUT2D eigenvalue weighted by Crippen LogP contribution is -2.40. The number of aromatic nitrogens is 2. The van der Waals surface area contributed by atoms with Gasteiger partial charge in [-0.05, 0) is 27.7 Å². The van der Waals surface area contributed by atoms with Gasteiger partial charge in [0.05, 0.1) is 13.2 Å². The van der Waals surface area contributed by atoms with Crippen LogP contribution in [0.15, 0.2) is 0 Å². The summed E-state index contributed by atoms with van der Waals surface area (Å²) >= 11 is 0. The highest BCUT2D eigenvalue weighted by Gasteiger charge is 2.31. The van der Waals surface area contributed by atoms with E-state index in [0.29, 0.717) is 31.7 Å². The number of rotatable bonds is 4. The summed E-state index contributed by atoms with van der Waals surface area (Å²) in [6.45, 7) is 8.76. The zero-order valence-electron chi connectivity index (χ0n) is 14.8. The molecule has 0 bridgehead atoms. The first-order chi connectivity index (χ1) is 11.3. The van der Waals surface area contributed by atoms with E-state index in [2.05, 4.69) is 10.2 Å². The predicted octanol–water partition coefficient (Wildman–Crippen LogP) is 1.16. The van der Waals surface area contributed by atoms with Crippen LogP contribution in [0.5, 0.6) is 0 Å². The SMILES string of the molecule is CCN(CCO)C(=O)c1n[nH]c2c1CN(C(=O)OC(C)(C)C)CC2. The smallest absolute Gasteiger partial charge is 0.410 e. The Labute approximate surface area is 141 Å². The van der Waals surface area contributed by atoms with Gasteiger partial charge in [-0.25, -0.2) is 4.79 Å². The maximum Gasteiger partial charge on any atom is 0.410 e. The Kier molecular flexibility index (Phi) is 5.48. The molecule has 1 aliphatic rings. The lowest BCUT2D eigenvalue weighted by atomic mass is 10.0. The van der Waals surface area contributed by atoms with Crippen LogP contribution in [0.1, 0.15) is 49.4 Å². The van der Waals surface area contributed by atoms with Gasteiger partial charge in [-0.1, -0.05) is 0 Å². The van der Waals surface area contributed by atoms with Crippen molar-refractivity contribution in [3.8, 4) is 0 Å². The van der Waals surface area contributed by atoms with Gasteiger partial charge in [0, 0.05) is 37.3 Å². The number of carbonyl (C=O) groups excluding carboxylic acids is 2. The van der Waals surface area contributed by atoms with E-state index in [1.807, 2.05) is 27.7 Å². The summed E-state index contributed by atoms with van der Waals surface area (Å²) < 4.78 is 5.40. The molecule has 0 saturated carbocycles. The van der Waals surface area contributed by atoms with Crippen molar-refractivity contribution < 1.29 is 19.4 Å². The summed E-state index contributed by atoms with van der Waals surface area (Å²) in [6.07, 6.45) is 0.205. The fourth-order valence-corrected chi connectivity index (χ4v) is 2.63. The van der Waals surface area contributed by atoms with E-state index in [-0.39, 0.29) is 19.1 Å². The molecular formula is C16H26N4O4. The average Bonchev–Trinajstić information content (AvgIpc) is 2.93. The maximum absolute atomic E-state index is 12.6. The number of fused-ring (bicyclic) bond motifs is 1. The Morgan fingerprint density at radius 3 is 2.71 bits per heavy atom. The Balaban J connectivity index is 2.17. The summed E-state index contributed by atoms with van der Waals surface area (Å²) in [5, 5.41) is 16.1. The highest BCUT2D eigenvalue weighted by molar-refractivity contribution is 5.94. The normalized spacial score (nSPS) is 14.3. The van der Waals surface area contributed by atoms with Crippen LogP contribution in [0.4, 0.5) is 4.79 Å². The molecule has 0 atom stereocenters. The van der Waals surface area contributed by atoms with Crippen molar-refractivity contribution in [1.82, 2.24) is 20.0 Å². The van der Waals surface area contributed by atoms with E-state index < -0.39 is 11.7 Å². The van der Waals surface area contributed by atoms with Crippen molar-refractivity contribution >= 4 is 12.0 Å². The number of hydrogen-bond acceptors (Lipinski definition) is 5. The Morgan fingerprint density at radius 1 is 1.42 bits per heavy atom. The van der Waals surface area contributed by atoms with Crippen LogP contribution < -0.4 is 0 Å². The average molecular weight is 338 g/mol. The van der Waals surface area contributed by atoms with Gasteiger partial charge >= 0.3 is 6.09 Å². The number of aliphatic hydroxyl groups excluding tert-OH is 1.